The highest BCUT2D eigenvalue weighted by atomic mass is 31.1. The minimum atomic E-state index is -0.106. The van der Waals surface area contributed by atoms with Gasteiger partial charge >= 0.3 is 0 Å². The fourth-order valence-electron chi connectivity index (χ4n) is 14.4. The van der Waals surface area contributed by atoms with Crippen LogP contribution in [0.15, 0.2) is 255 Å². The molecule has 7 N–H and O–H groups in total. The number of nitrogens with one attached hydrogen (secondary N) is 1. The molecule has 0 heterocycles. The van der Waals surface area contributed by atoms with Gasteiger partial charge in [-0.25, -0.2) is 0 Å². The quantitative estimate of drug-likeness (QED) is 0.0309. The summed E-state index contributed by atoms with van der Waals surface area (Å²) in [6.07, 6.45) is 10.9. The van der Waals surface area contributed by atoms with Crippen molar-refractivity contribution >= 4 is 158 Å². The van der Waals surface area contributed by atoms with Gasteiger partial charge < -0.3 is 36.0 Å². The number of aryl methyl sites for hydroxylation is 11. The second kappa shape index (κ2) is 49.5. The molecule has 0 saturated carbocycles. The number of phenols is 6. The minimum absolute atomic E-state index is 0.0356. The number of benzene rings is 13. The molecular formula is C115H138N6O6P6. The van der Waals surface area contributed by atoms with Gasteiger partial charge in [0.25, 0.3) is 0 Å². The SMILES string of the molecule is CN=Cc1cc(C)ccc1Pc1cc(C(C)(C)C)cc(C(C)(C)C)c1O.CN=Cc1cc(C)ccc1Pc1cc(C(C)(C)C)cc(C)c1O.CN=Cc1cc(C)ccc1Pc1cc(C)cc(C(C)(C)C)c1O.CN=Cc1cc(C)ccc1Pc1cccc(C)c1O.Cc1ccc(Pc2cc(C)cc(C)c2O)c(C=N)c1.Cc1ccc(Pc2ccccc2O)c(C=Nc2ccccc2)c1. The first-order valence-corrected chi connectivity index (χ1v) is 50.7. The zero-order valence-corrected chi connectivity index (χ0v) is 88.8. The second-order valence-electron chi connectivity index (χ2n) is 37.9. The molecule has 0 saturated heterocycles. The molecule has 0 aliphatic carbocycles. The summed E-state index contributed by atoms with van der Waals surface area (Å²) >= 11 is 0. The average molecular weight is 1890 g/mol. The van der Waals surface area contributed by atoms with E-state index in [0.29, 0.717) is 86.0 Å². The summed E-state index contributed by atoms with van der Waals surface area (Å²) in [4.78, 5) is 21.2. The number of rotatable bonds is 19. The first kappa shape index (κ1) is 108. The van der Waals surface area contributed by atoms with Crippen LogP contribution in [0.4, 0.5) is 5.69 Å². The molecule has 13 aromatic rings. The number of hydrogen-bond acceptors (Lipinski definition) is 12. The summed E-state index contributed by atoms with van der Waals surface area (Å²) in [5.74, 6) is 2.40. The van der Waals surface area contributed by atoms with Gasteiger partial charge in [0.05, 0.1) is 5.69 Å². The zero-order chi connectivity index (χ0) is 98.0. The lowest BCUT2D eigenvalue weighted by molar-refractivity contribution is 0.448. The summed E-state index contributed by atoms with van der Waals surface area (Å²) in [6, 6.07) is 78.1. The van der Waals surface area contributed by atoms with Crippen molar-refractivity contribution in [3.8, 4) is 34.5 Å². The summed E-state index contributed by atoms with van der Waals surface area (Å²) < 4.78 is 0. The Bertz CT molecular complexity index is 6300. The van der Waals surface area contributed by atoms with E-state index in [1.54, 1.807) is 34.3 Å². The summed E-state index contributed by atoms with van der Waals surface area (Å²) in [5, 5.41) is 83.1. The fraction of sp³-hybridized carbons (Fsp3) is 0.270. The van der Waals surface area contributed by atoms with E-state index in [1.807, 2.05) is 157 Å². The van der Waals surface area contributed by atoms with E-state index in [9.17, 15) is 30.6 Å². The van der Waals surface area contributed by atoms with E-state index in [1.165, 1.54) is 77.2 Å². The number of aliphatic imine (C=N–C) groups is 5. The molecule has 0 amide bonds. The molecule has 6 atom stereocenters. The third-order valence-electron chi connectivity index (χ3n) is 21.8. The smallest absolute Gasteiger partial charge is 0.127 e. The topological polar surface area (TPSA) is 207 Å². The summed E-state index contributed by atoms with van der Waals surface area (Å²) in [7, 11) is 9.57. The van der Waals surface area contributed by atoms with Crippen LogP contribution in [0.2, 0.25) is 0 Å². The highest BCUT2D eigenvalue weighted by Gasteiger charge is 2.27. The van der Waals surface area contributed by atoms with E-state index >= 15 is 0 Å². The molecule has 18 heteroatoms. The molecule has 0 spiro atoms. The lowest BCUT2D eigenvalue weighted by Gasteiger charge is -2.27. The number of aromatic hydroxyl groups is 6. The van der Waals surface area contributed by atoms with Gasteiger partial charge in [-0.2, -0.15) is 0 Å². The molecule has 0 fully saturated rings. The van der Waals surface area contributed by atoms with Crippen molar-refractivity contribution in [2.45, 2.75) is 181 Å². The third kappa shape index (κ3) is 32.2. The molecular weight excluding hydrogens is 1750 g/mol. The number of hydrogen-bond donors (Lipinski definition) is 7. The van der Waals surface area contributed by atoms with Crippen molar-refractivity contribution in [3.05, 3.63) is 347 Å². The maximum atomic E-state index is 11.0. The molecule has 0 aliphatic heterocycles. The molecule has 13 aromatic carbocycles. The third-order valence-corrected chi connectivity index (χ3v) is 30.1. The van der Waals surface area contributed by atoms with Gasteiger partial charge in [-0.3, -0.25) is 25.0 Å². The van der Waals surface area contributed by atoms with Gasteiger partial charge in [0.2, 0.25) is 0 Å². The fourth-order valence-corrected chi connectivity index (χ4v) is 21.9. The van der Waals surface area contributed by atoms with Crippen molar-refractivity contribution in [1.29, 1.82) is 5.41 Å². The van der Waals surface area contributed by atoms with E-state index < -0.39 is 0 Å². The predicted octanol–water partition coefficient (Wildman–Crippen LogP) is 22.7. The lowest BCUT2D eigenvalue weighted by atomic mass is 9.80. The number of para-hydroxylation sites is 3. The van der Waals surface area contributed by atoms with Crippen LogP contribution in [0, 0.1) is 81.6 Å². The molecule has 0 bridgehead atoms. The van der Waals surface area contributed by atoms with Crippen LogP contribution in [0.3, 0.4) is 0 Å². The van der Waals surface area contributed by atoms with Gasteiger partial charge in [0.15, 0.2) is 0 Å². The molecule has 0 aromatic heterocycles. The van der Waals surface area contributed by atoms with Crippen LogP contribution < -0.4 is 63.7 Å². The van der Waals surface area contributed by atoms with Crippen LogP contribution in [0.5, 0.6) is 34.5 Å². The van der Waals surface area contributed by atoms with Gasteiger partial charge in [-0.1, -0.05) is 320 Å². The van der Waals surface area contributed by atoms with Crippen molar-refractivity contribution in [1.82, 2.24) is 0 Å². The Morgan fingerprint density at radius 2 is 0.541 bits per heavy atom. The van der Waals surface area contributed by atoms with Crippen LogP contribution in [0.1, 0.15) is 200 Å². The molecule has 6 unspecified atom stereocenters. The Labute approximate surface area is 804 Å². The maximum absolute atomic E-state index is 11.0. The first-order valence-electron chi connectivity index (χ1n) is 44.7. The van der Waals surface area contributed by atoms with E-state index in [-0.39, 0.29) is 21.7 Å². The molecule has 0 radical (unpaired) electrons. The predicted molar refractivity (Wildman–Crippen MR) is 595 cm³/mol. The number of phenolic OH excluding ortho intramolecular Hbond substituents is 6. The molecule has 133 heavy (non-hydrogen) atoms. The van der Waals surface area contributed by atoms with Gasteiger partial charge in [-0.15, -0.1) is 0 Å². The highest BCUT2D eigenvalue weighted by Crippen LogP contribution is 2.39. The highest BCUT2D eigenvalue weighted by molar-refractivity contribution is 7.57. The Kier molecular flexibility index (Phi) is 40.0. The van der Waals surface area contributed by atoms with E-state index in [4.69, 9.17) is 5.41 Å². The second-order valence-corrected chi connectivity index (χ2v) is 45.8. The van der Waals surface area contributed by atoms with Crippen LogP contribution in [-0.4, -0.2) is 96.1 Å². The van der Waals surface area contributed by atoms with Gasteiger partial charge in [-0.05, 0) is 253 Å². The standard InChI is InChI=1S/C23H32NOP.C20H18NOP.2C20H26NOP.2C16H18NOP/c1-15-9-10-19(16(11-15)14-24-8)26-20-13-17(22(2,3)4)12-18(21(20)25)23(5,6)7;1-15-11-12-19(23-20-10-6-5-9-18(20)22)16(13-15)14-21-17-7-3-2-4-8-17;1-13-7-8-17(15(9-13)12-21-6)23-18-11-16(20(3,4)5)10-14(2)19(18)22;1-13-7-8-17(15(9-13)12-21-6)23-18-11-14(2)10-16(19(18)22)20(3,4)5;1-10-4-5-14(13(7-10)9-17)19-15-8-11(2)6-12(3)16(15)18;1-11-7-8-14(13(9-11)10-17-3)19-15-6-4-5-12(2)16(15)18/h9-14,25-26H,1-8H3;2-14,22-23H,1H3;2*7-12,22-23H,1-6H3;4-9,17-19H,1-3H3;4-10,18-19H,1-3H3. The summed E-state index contributed by atoms with van der Waals surface area (Å²) in [6.45, 7) is 48.5. The monoisotopic (exact) mass is 1880 g/mol. The van der Waals surface area contributed by atoms with Crippen molar-refractivity contribution in [2.75, 3.05) is 28.2 Å². The zero-order valence-electron chi connectivity index (χ0n) is 82.8. The maximum Gasteiger partial charge on any atom is 0.127 e. The minimum Gasteiger partial charge on any atom is -0.507 e. The molecule has 694 valence electrons. The lowest BCUT2D eigenvalue weighted by Crippen LogP contribution is -2.21. The van der Waals surface area contributed by atoms with Crippen LogP contribution in [0.25, 0.3) is 0 Å². The molecule has 12 nitrogen and oxygen atoms in total. The Morgan fingerprint density at radius 3 is 0.925 bits per heavy atom. The Morgan fingerprint density at radius 1 is 0.241 bits per heavy atom. The van der Waals surface area contributed by atoms with Crippen molar-refractivity contribution in [3.63, 3.8) is 0 Å². The van der Waals surface area contributed by atoms with Crippen molar-refractivity contribution < 1.29 is 30.6 Å². The van der Waals surface area contributed by atoms with Gasteiger partial charge in [0.1, 0.15) is 34.5 Å². The molecule has 13 rings (SSSR count). The van der Waals surface area contributed by atoms with Crippen molar-refractivity contribution in [2.24, 2.45) is 25.0 Å². The van der Waals surface area contributed by atoms with E-state index in [0.717, 1.165) is 115 Å². The van der Waals surface area contributed by atoms with E-state index in [2.05, 4.69) is 283 Å². The largest absolute Gasteiger partial charge is 0.507 e. The first-order chi connectivity index (χ1) is 62.7. The Hall–Kier alpha value is -10.7. The van der Waals surface area contributed by atoms with Crippen LogP contribution >= 0.6 is 51.5 Å². The Balaban J connectivity index is 0.000000197. The molecule has 0 aliphatic rings. The van der Waals surface area contributed by atoms with Gasteiger partial charge in [0, 0.05) is 136 Å². The number of nitrogens with zero attached hydrogens (tertiary/aromatic N) is 5. The summed E-state index contributed by atoms with van der Waals surface area (Å²) in [5.41, 5.74) is 24.3. The normalized spacial score (nSPS) is 12.2. The average Bonchev–Trinajstić information content (AvgIpc) is 0.785. The van der Waals surface area contributed by atoms with Crippen LogP contribution in [-0.2, 0) is 21.7 Å².